The minimum Gasteiger partial charge on any atom is -0.379 e. The number of ether oxygens (including phenoxy) is 1. The van der Waals surface area contributed by atoms with Crippen molar-refractivity contribution >= 4 is 0 Å². The fraction of sp³-hybridized carbons (Fsp3) is 0.571. The SMILES string of the molecule is C#CCCC[CH]OC. The van der Waals surface area contributed by atoms with Gasteiger partial charge in [-0.1, -0.05) is 0 Å². The van der Waals surface area contributed by atoms with E-state index in [9.17, 15) is 0 Å². The molecule has 0 fully saturated rings. The highest BCUT2D eigenvalue weighted by molar-refractivity contribution is 4.83. The highest BCUT2D eigenvalue weighted by Crippen LogP contribution is 1.96. The maximum absolute atomic E-state index is 5.01. The predicted molar refractivity (Wildman–Crippen MR) is 34.0 cm³/mol. The minimum atomic E-state index is 0.847. The summed E-state index contributed by atoms with van der Waals surface area (Å²) >= 11 is 0. The van der Waals surface area contributed by atoms with Crippen molar-refractivity contribution in [2.75, 3.05) is 7.11 Å². The van der Waals surface area contributed by atoms with Gasteiger partial charge in [0.05, 0.1) is 6.61 Å². The van der Waals surface area contributed by atoms with Crippen LogP contribution in [0.15, 0.2) is 0 Å². The second-order valence-electron chi connectivity index (χ2n) is 1.50. The highest BCUT2D eigenvalue weighted by atomic mass is 16.5. The van der Waals surface area contributed by atoms with Crippen LogP contribution >= 0.6 is 0 Å². The topological polar surface area (TPSA) is 9.23 Å². The Hall–Kier alpha value is -0.480. The van der Waals surface area contributed by atoms with Gasteiger partial charge in [-0.05, 0) is 12.8 Å². The Balaban J connectivity index is 2.65. The van der Waals surface area contributed by atoms with Crippen LogP contribution in [0.2, 0.25) is 0 Å². The maximum Gasteiger partial charge on any atom is 0.0833 e. The second kappa shape index (κ2) is 6.52. The van der Waals surface area contributed by atoms with Crippen molar-refractivity contribution in [3.63, 3.8) is 0 Å². The first-order valence-corrected chi connectivity index (χ1v) is 2.69. The largest absolute Gasteiger partial charge is 0.379 e. The molecule has 1 heteroatoms. The van der Waals surface area contributed by atoms with E-state index in [0.717, 1.165) is 19.3 Å². The number of methoxy groups -OCH3 is 1. The fourth-order valence-electron chi connectivity index (χ4n) is 0.405. The van der Waals surface area contributed by atoms with Crippen LogP contribution in [0, 0.1) is 19.0 Å². The molecule has 0 aliphatic heterocycles. The van der Waals surface area contributed by atoms with Crippen LogP contribution in [0.5, 0.6) is 0 Å². The van der Waals surface area contributed by atoms with Crippen molar-refractivity contribution in [2.24, 2.45) is 0 Å². The average Bonchev–Trinajstić information content (AvgIpc) is 1.81. The van der Waals surface area contributed by atoms with Gasteiger partial charge in [0.2, 0.25) is 0 Å². The van der Waals surface area contributed by atoms with Crippen molar-refractivity contribution in [1.29, 1.82) is 0 Å². The Labute approximate surface area is 51.0 Å². The molecule has 0 amide bonds. The van der Waals surface area contributed by atoms with E-state index in [4.69, 9.17) is 11.2 Å². The smallest absolute Gasteiger partial charge is 0.0833 e. The normalized spacial score (nSPS) is 8.50. The number of rotatable bonds is 4. The zero-order valence-corrected chi connectivity index (χ0v) is 5.18. The lowest BCUT2D eigenvalue weighted by Gasteiger charge is -1.91. The van der Waals surface area contributed by atoms with Crippen LogP contribution in [-0.2, 0) is 4.74 Å². The molecule has 45 valence electrons. The molecule has 0 heterocycles. The van der Waals surface area contributed by atoms with Crippen LogP contribution in [0.1, 0.15) is 19.3 Å². The number of hydrogen-bond acceptors (Lipinski definition) is 1. The molecule has 0 aliphatic carbocycles. The Morgan fingerprint density at radius 1 is 1.75 bits per heavy atom. The van der Waals surface area contributed by atoms with E-state index < -0.39 is 0 Å². The van der Waals surface area contributed by atoms with E-state index in [1.807, 2.05) is 0 Å². The fourth-order valence-corrected chi connectivity index (χ4v) is 0.405. The summed E-state index contributed by atoms with van der Waals surface area (Å²) in [7, 11) is 1.65. The maximum atomic E-state index is 5.01. The van der Waals surface area contributed by atoms with Gasteiger partial charge in [0, 0.05) is 13.5 Å². The lowest BCUT2D eigenvalue weighted by atomic mass is 10.2. The zero-order valence-electron chi connectivity index (χ0n) is 5.18. The summed E-state index contributed by atoms with van der Waals surface area (Å²) in [6.45, 7) is 1.76. The molecule has 0 saturated heterocycles. The van der Waals surface area contributed by atoms with Crippen molar-refractivity contribution in [3.05, 3.63) is 6.61 Å². The molecule has 0 N–H and O–H groups in total. The molecule has 0 rings (SSSR count). The van der Waals surface area contributed by atoms with E-state index in [1.54, 1.807) is 13.7 Å². The van der Waals surface area contributed by atoms with Gasteiger partial charge >= 0.3 is 0 Å². The second-order valence-corrected chi connectivity index (χ2v) is 1.50. The number of unbranched alkanes of at least 4 members (excludes halogenated alkanes) is 2. The molecular formula is C7H11O. The molecule has 1 nitrogen and oxygen atoms in total. The Kier molecular flexibility index (Phi) is 6.13. The summed E-state index contributed by atoms with van der Waals surface area (Å²) in [4.78, 5) is 0. The number of terminal acetylenes is 1. The van der Waals surface area contributed by atoms with E-state index in [0.29, 0.717) is 0 Å². The lowest BCUT2D eigenvalue weighted by Crippen LogP contribution is -1.78. The van der Waals surface area contributed by atoms with Crippen LogP contribution in [-0.4, -0.2) is 7.11 Å². The lowest BCUT2D eigenvalue weighted by molar-refractivity contribution is 0.263. The zero-order chi connectivity index (χ0) is 6.24. The molecule has 0 atom stereocenters. The molecule has 0 spiro atoms. The molecule has 0 saturated carbocycles. The Bertz CT molecular complexity index is 70.9. The van der Waals surface area contributed by atoms with Gasteiger partial charge in [0.25, 0.3) is 0 Å². The molecule has 0 unspecified atom stereocenters. The molecule has 0 aromatic rings. The first-order valence-electron chi connectivity index (χ1n) is 2.69. The first-order chi connectivity index (χ1) is 3.91. The summed E-state index contributed by atoms with van der Waals surface area (Å²) in [5, 5.41) is 0. The molecule has 0 aliphatic rings. The average molecular weight is 111 g/mol. The van der Waals surface area contributed by atoms with Crippen molar-refractivity contribution in [2.45, 2.75) is 19.3 Å². The van der Waals surface area contributed by atoms with Gasteiger partial charge in [-0.15, -0.1) is 12.3 Å². The van der Waals surface area contributed by atoms with Crippen molar-refractivity contribution < 1.29 is 4.74 Å². The quantitative estimate of drug-likeness (QED) is 0.395. The van der Waals surface area contributed by atoms with Crippen LogP contribution in [0.4, 0.5) is 0 Å². The Morgan fingerprint density at radius 3 is 3.00 bits per heavy atom. The summed E-state index contributed by atoms with van der Waals surface area (Å²) in [6.07, 6.45) is 7.84. The van der Waals surface area contributed by atoms with Crippen LogP contribution in [0.25, 0.3) is 0 Å². The van der Waals surface area contributed by atoms with Gasteiger partial charge < -0.3 is 4.74 Å². The summed E-state index contributed by atoms with van der Waals surface area (Å²) in [6, 6.07) is 0. The monoisotopic (exact) mass is 111 g/mol. The van der Waals surface area contributed by atoms with E-state index >= 15 is 0 Å². The molecule has 0 bridgehead atoms. The predicted octanol–water partition coefficient (Wildman–Crippen LogP) is 1.60. The summed E-state index contributed by atoms with van der Waals surface area (Å²) in [5.74, 6) is 2.55. The van der Waals surface area contributed by atoms with Crippen LogP contribution in [0.3, 0.4) is 0 Å². The van der Waals surface area contributed by atoms with E-state index in [-0.39, 0.29) is 0 Å². The van der Waals surface area contributed by atoms with Crippen molar-refractivity contribution in [1.82, 2.24) is 0 Å². The third-order valence-electron chi connectivity index (χ3n) is 0.810. The van der Waals surface area contributed by atoms with Crippen molar-refractivity contribution in [3.8, 4) is 12.3 Å². The summed E-state index contributed by atoms with van der Waals surface area (Å²) in [5.41, 5.74) is 0. The molecule has 0 aromatic carbocycles. The first kappa shape index (κ1) is 7.52. The third-order valence-corrected chi connectivity index (χ3v) is 0.810. The van der Waals surface area contributed by atoms with Gasteiger partial charge in [-0.25, -0.2) is 0 Å². The van der Waals surface area contributed by atoms with E-state index in [2.05, 4.69) is 5.92 Å². The molecular weight excluding hydrogens is 100 g/mol. The van der Waals surface area contributed by atoms with Crippen LogP contribution < -0.4 is 0 Å². The Morgan fingerprint density at radius 2 is 2.50 bits per heavy atom. The summed E-state index contributed by atoms with van der Waals surface area (Å²) < 4.78 is 4.69. The molecule has 0 aromatic heterocycles. The minimum absolute atomic E-state index is 0.847. The molecule has 8 heavy (non-hydrogen) atoms. The highest BCUT2D eigenvalue weighted by Gasteiger charge is 1.82. The third kappa shape index (κ3) is 5.52. The number of hydrogen-bond donors (Lipinski definition) is 0. The van der Waals surface area contributed by atoms with Gasteiger partial charge in [0.15, 0.2) is 0 Å². The van der Waals surface area contributed by atoms with Gasteiger partial charge in [-0.2, -0.15) is 0 Å². The van der Waals surface area contributed by atoms with E-state index in [1.165, 1.54) is 0 Å². The molecule has 1 radical (unpaired) electrons. The van der Waals surface area contributed by atoms with Gasteiger partial charge in [0.1, 0.15) is 0 Å². The van der Waals surface area contributed by atoms with Gasteiger partial charge in [-0.3, -0.25) is 0 Å². The standard InChI is InChI=1S/C7H11O/c1-3-4-5-6-7-8-2/h1,7H,4-6H2,2H3.